The number of ether oxygens (including phenoxy) is 2. The molecule has 2 amide bonds. The lowest BCUT2D eigenvalue weighted by atomic mass is 10.1. The quantitative estimate of drug-likeness (QED) is 0.406. The predicted octanol–water partition coefficient (Wildman–Crippen LogP) is 3.88. The third-order valence-corrected chi connectivity index (χ3v) is 5.85. The van der Waals surface area contributed by atoms with E-state index >= 15 is 0 Å². The third-order valence-electron chi connectivity index (χ3n) is 5.85. The van der Waals surface area contributed by atoms with Crippen LogP contribution in [0.4, 0.5) is 13.2 Å². The van der Waals surface area contributed by atoms with Crippen molar-refractivity contribution < 1.29 is 32.2 Å². The molecule has 1 aromatic heterocycles. The Balaban J connectivity index is 1.79. The summed E-state index contributed by atoms with van der Waals surface area (Å²) in [6.07, 6.45) is -2.02. The molecule has 0 saturated heterocycles. The number of amides is 2. The molecule has 0 atom stereocenters. The van der Waals surface area contributed by atoms with Gasteiger partial charge in [-0.1, -0.05) is 30.3 Å². The number of aromatic nitrogens is 1. The van der Waals surface area contributed by atoms with Crippen LogP contribution in [0.3, 0.4) is 0 Å². The minimum Gasteiger partial charge on any atom is -0.383 e. The van der Waals surface area contributed by atoms with Gasteiger partial charge in [0.2, 0.25) is 11.8 Å². The number of H-pyrrole nitrogens is 1. The van der Waals surface area contributed by atoms with Gasteiger partial charge >= 0.3 is 6.18 Å². The van der Waals surface area contributed by atoms with Gasteiger partial charge in [0.05, 0.1) is 18.7 Å². The Kier molecular flexibility index (Phi) is 9.49. The molecular formula is C26H30F3N3O4. The maximum atomic E-state index is 13.3. The van der Waals surface area contributed by atoms with Gasteiger partial charge < -0.3 is 24.3 Å². The highest BCUT2D eigenvalue weighted by atomic mass is 19.4. The number of aromatic amines is 1. The van der Waals surface area contributed by atoms with Crippen LogP contribution in [0.1, 0.15) is 16.7 Å². The molecule has 194 valence electrons. The number of alkyl halides is 3. The topological polar surface area (TPSA) is 74.9 Å². The van der Waals surface area contributed by atoms with Crippen LogP contribution in [0.2, 0.25) is 0 Å². The smallest absolute Gasteiger partial charge is 0.383 e. The summed E-state index contributed by atoms with van der Waals surface area (Å²) in [6.45, 7) is 0.511. The van der Waals surface area contributed by atoms with Crippen molar-refractivity contribution in [3.8, 4) is 0 Å². The van der Waals surface area contributed by atoms with Gasteiger partial charge in [-0.15, -0.1) is 0 Å². The molecule has 0 bridgehead atoms. The maximum absolute atomic E-state index is 13.3. The van der Waals surface area contributed by atoms with Gasteiger partial charge in [-0.2, -0.15) is 13.2 Å². The molecule has 0 radical (unpaired) electrons. The van der Waals surface area contributed by atoms with Crippen LogP contribution in [0.25, 0.3) is 10.9 Å². The fourth-order valence-electron chi connectivity index (χ4n) is 3.88. The average Bonchev–Trinajstić information content (AvgIpc) is 3.27. The normalized spacial score (nSPS) is 11.6. The number of fused-ring (bicyclic) bond motifs is 1. The zero-order chi connectivity index (χ0) is 26.1. The lowest BCUT2D eigenvalue weighted by Gasteiger charge is -2.28. The van der Waals surface area contributed by atoms with Crippen molar-refractivity contribution in [3.05, 3.63) is 71.4 Å². The molecule has 0 unspecified atom stereocenters. The maximum Gasteiger partial charge on any atom is 0.416 e. The summed E-state index contributed by atoms with van der Waals surface area (Å²) in [6, 6.07) is 12.5. The first-order chi connectivity index (χ1) is 17.2. The Morgan fingerprint density at radius 2 is 1.64 bits per heavy atom. The summed E-state index contributed by atoms with van der Waals surface area (Å²) >= 11 is 0. The minimum atomic E-state index is -4.44. The number of para-hydroxylation sites is 1. The van der Waals surface area contributed by atoms with E-state index in [2.05, 4.69) is 4.98 Å². The number of rotatable bonds is 12. The van der Waals surface area contributed by atoms with Crippen molar-refractivity contribution in [3.63, 3.8) is 0 Å². The van der Waals surface area contributed by atoms with E-state index in [0.29, 0.717) is 18.5 Å². The van der Waals surface area contributed by atoms with Gasteiger partial charge in [0.1, 0.15) is 6.61 Å². The Morgan fingerprint density at radius 1 is 0.917 bits per heavy atom. The Morgan fingerprint density at radius 3 is 2.31 bits per heavy atom. The monoisotopic (exact) mass is 505 g/mol. The van der Waals surface area contributed by atoms with Gasteiger partial charge in [-0.3, -0.25) is 9.59 Å². The fourth-order valence-corrected chi connectivity index (χ4v) is 3.88. The third kappa shape index (κ3) is 7.32. The van der Waals surface area contributed by atoms with Crippen LogP contribution >= 0.6 is 0 Å². The Hall–Kier alpha value is -3.37. The second-order valence-electron chi connectivity index (χ2n) is 8.36. The molecular weight excluding hydrogens is 475 g/mol. The first-order valence-corrected chi connectivity index (χ1v) is 11.5. The van der Waals surface area contributed by atoms with Crippen molar-refractivity contribution in [1.29, 1.82) is 0 Å². The van der Waals surface area contributed by atoms with E-state index in [1.54, 1.807) is 4.90 Å². The molecule has 0 spiro atoms. The van der Waals surface area contributed by atoms with Crippen LogP contribution in [0.15, 0.2) is 54.7 Å². The second kappa shape index (κ2) is 12.5. The highest BCUT2D eigenvalue weighted by molar-refractivity contribution is 5.86. The molecule has 1 heterocycles. The SMILES string of the molecule is COCCN(CC(=O)N(CCc1c[nH]c2ccccc12)Cc1ccc(C(F)(F)F)cc1)C(=O)COC. The van der Waals surface area contributed by atoms with Gasteiger partial charge in [0.25, 0.3) is 0 Å². The molecule has 7 nitrogen and oxygen atoms in total. The molecule has 0 aliphatic heterocycles. The highest BCUT2D eigenvalue weighted by Gasteiger charge is 2.30. The summed E-state index contributed by atoms with van der Waals surface area (Å²) in [5, 5.41) is 1.04. The van der Waals surface area contributed by atoms with E-state index in [-0.39, 0.29) is 44.7 Å². The molecule has 0 saturated carbocycles. The number of halogens is 3. The number of nitrogens with zero attached hydrogens (tertiary/aromatic N) is 2. The van der Waals surface area contributed by atoms with Gasteiger partial charge in [0.15, 0.2) is 0 Å². The predicted molar refractivity (Wildman–Crippen MR) is 129 cm³/mol. The number of hydrogen-bond acceptors (Lipinski definition) is 4. The number of nitrogens with one attached hydrogen (secondary N) is 1. The van der Waals surface area contributed by atoms with Crippen LogP contribution < -0.4 is 0 Å². The molecule has 36 heavy (non-hydrogen) atoms. The molecule has 0 aliphatic carbocycles. The van der Waals surface area contributed by atoms with Crippen molar-refractivity contribution in [2.45, 2.75) is 19.1 Å². The lowest BCUT2D eigenvalue weighted by molar-refractivity contribution is -0.143. The summed E-state index contributed by atoms with van der Waals surface area (Å²) in [4.78, 5) is 31.9. The average molecular weight is 506 g/mol. The molecule has 3 rings (SSSR count). The molecule has 10 heteroatoms. The van der Waals surface area contributed by atoms with E-state index < -0.39 is 11.7 Å². The highest BCUT2D eigenvalue weighted by Crippen LogP contribution is 2.29. The van der Waals surface area contributed by atoms with E-state index in [1.165, 1.54) is 31.3 Å². The summed E-state index contributed by atoms with van der Waals surface area (Å²) < 4.78 is 48.9. The first kappa shape index (κ1) is 27.2. The van der Waals surface area contributed by atoms with Crippen LogP contribution in [0.5, 0.6) is 0 Å². The van der Waals surface area contributed by atoms with Crippen molar-refractivity contribution in [2.75, 3.05) is 47.1 Å². The van der Waals surface area contributed by atoms with E-state index in [1.807, 2.05) is 30.5 Å². The van der Waals surface area contributed by atoms with Crippen LogP contribution in [-0.2, 0) is 38.2 Å². The zero-order valence-corrected chi connectivity index (χ0v) is 20.3. The van der Waals surface area contributed by atoms with Gasteiger partial charge in [0, 0.05) is 51.0 Å². The van der Waals surface area contributed by atoms with Crippen LogP contribution in [-0.4, -0.2) is 73.7 Å². The number of carbonyl (C=O) groups excluding carboxylic acids is 2. The van der Waals surface area contributed by atoms with Gasteiger partial charge in [-0.25, -0.2) is 0 Å². The zero-order valence-electron chi connectivity index (χ0n) is 20.3. The number of benzene rings is 2. The van der Waals surface area contributed by atoms with E-state index in [9.17, 15) is 22.8 Å². The van der Waals surface area contributed by atoms with E-state index in [0.717, 1.165) is 28.6 Å². The van der Waals surface area contributed by atoms with Crippen molar-refractivity contribution >= 4 is 22.7 Å². The lowest BCUT2D eigenvalue weighted by Crippen LogP contribution is -2.45. The summed E-state index contributed by atoms with van der Waals surface area (Å²) in [5.41, 5.74) is 1.80. The summed E-state index contributed by atoms with van der Waals surface area (Å²) in [5.74, 6) is -0.677. The molecule has 0 fully saturated rings. The number of carbonyl (C=O) groups is 2. The molecule has 0 aliphatic rings. The second-order valence-corrected chi connectivity index (χ2v) is 8.36. The fraction of sp³-hybridized carbons (Fsp3) is 0.385. The van der Waals surface area contributed by atoms with Crippen LogP contribution in [0, 0.1) is 0 Å². The van der Waals surface area contributed by atoms with E-state index in [4.69, 9.17) is 9.47 Å². The van der Waals surface area contributed by atoms with Crippen molar-refractivity contribution in [2.24, 2.45) is 0 Å². The van der Waals surface area contributed by atoms with Crippen molar-refractivity contribution in [1.82, 2.24) is 14.8 Å². The first-order valence-electron chi connectivity index (χ1n) is 11.5. The minimum absolute atomic E-state index is 0.107. The molecule has 3 aromatic rings. The number of methoxy groups -OCH3 is 2. The standard InChI is InChI=1S/C26H30F3N3O4/c1-35-14-13-32(25(34)18-36-2)17-24(33)31(16-19-7-9-21(10-8-19)26(27,28)29)12-11-20-15-30-23-6-4-3-5-22(20)23/h3-10,15,30H,11-14,16-18H2,1-2H3. The van der Waals surface area contributed by atoms with Gasteiger partial charge in [-0.05, 0) is 35.7 Å². The molecule has 2 aromatic carbocycles. The largest absolute Gasteiger partial charge is 0.416 e. The number of hydrogen-bond donors (Lipinski definition) is 1. The Bertz CT molecular complexity index is 1150. The molecule has 1 N–H and O–H groups in total. The summed E-state index contributed by atoms with van der Waals surface area (Å²) in [7, 11) is 2.89. The Labute approximate surface area is 207 Å².